The minimum atomic E-state index is -3.55. The number of nitrogens with one attached hydrogen (secondary N) is 1. The smallest absolute Gasteiger partial charge is 0.251 e. The molecule has 0 spiro atoms. The van der Waals surface area contributed by atoms with Crippen molar-refractivity contribution in [3.8, 4) is 0 Å². The third-order valence-corrected chi connectivity index (χ3v) is 7.33. The van der Waals surface area contributed by atoms with E-state index in [0.29, 0.717) is 25.2 Å². The van der Waals surface area contributed by atoms with Crippen LogP contribution in [0.5, 0.6) is 0 Å². The summed E-state index contributed by atoms with van der Waals surface area (Å²) < 4.78 is 29.3. The van der Waals surface area contributed by atoms with Gasteiger partial charge >= 0.3 is 0 Å². The SMILES string of the molecule is O=C(NCc1cn2c(n1)CCCC2)c1cccc(S(=O)(=O)N2CCCCC2)c1. The first-order chi connectivity index (χ1) is 13.5. The second-order valence-corrected chi connectivity index (χ2v) is 9.41. The van der Waals surface area contributed by atoms with Crippen molar-refractivity contribution in [3.05, 3.63) is 47.5 Å². The molecule has 0 radical (unpaired) electrons. The number of hydrogen-bond acceptors (Lipinski definition) is 4. The number of nitrogens with zero attached hydrogens (tertiary/aromatic N) is 3. The number of carbonyl (C=O) groups excluding carboxylic acids is 1. The van der Waals surface area contributed by atoms with E-state index in [1.54, 1.807) is 18.2 Å². The molecule has 0 saturated carbocycles. The molecule has 1 amide bonds. The van der Waals surface area contributed by atoms with Gasteiger partial charge in [-0.25, -0.2) is 13.4 Å². The molecule has 2 aliphatic rings. The Morgan fingerprint density at radius 3 is 2.64 bits per heavy atom. The van der Waals surface area contributed by atoms with E-state index in [0.717, 1.165) is 56.6 Å². The molecule has 1 fully saturated rings. The largest absolute Gasteiger partial charge is 0.346 e. The summed E-state index contributed by atoms with van der Waals surface area (Å²) in [5.74, 6) is 0.784. The van der Waals surface area contributed by atoms with Crippen LogP contribution in [-0.4, -0.2) is 41.3 Å². The molecule has 0 aliphatic carbocycles. The van der Waals surface area contributed by atoms with E-state index >= 15 is 0 Å². The first kappa shape index (κ1) is 19.1. The molecule has 0 atom stereocenters. The number of aryl methyl sites for hydroxylation is 2. The average Bonchev–Trinajstić information content (AvgIpc) is 3.16. The Kier molecular flexibility index (Phi) is 5.50. The molecular weight excluding hydrogens is 376 g/mol. The number of amides is 1. The molecule has 0 unspecified atom stereocenters. The summed E-state index contributed by atoms with van der Waals surface area (Å²) >= 11 is 0. The van der Waals surface area contributed by atoms with Crippen molar-refractivity contribution in [2.45, 2.75) is 56.5 Å². The normalized spacial score (nSPS) is 17.9. The third kappa shape index (κ3) is 3.98. The van der Waals surface area contributed by atoms with E-state index in [1.807, 2.05) is 6.20 Å². The molecule has 150 valence electrons. The van der Waals surface area contributed by atoms with Crippen molar-refractivity contribution in [2.75, 3.05) is 13.1 Å². The Labute approximate surface area is 165 Å². The quantitative estimate of drug-likeness (QED) is 0.832. The molecule has 3 heterocycles. The first-order valence-electron chi connectivity index (χ1n) is 9.97. The fourth-order valence-corrected chi connectivity index (χ4v) is 5.45. The number of sulfonamides is 1. The van der Waals surface area contributed by atoms with Crippen LogP contribution < -0.4 is 5.32 Å². The molecule has 28 heavy (non-hydrogen) atoms. The molecule has 2 aliphatic heterocycles. The molecule has 8 heteroatoms. The van der Waals surface area contributed by atoms with E-state index in [9.17, 15) is 13.2 Å². The van der Waals surface area contributed by atoms with Crippen molar-refractivity contribution in [3.63, 3.8) is 0 Å². The number of piperidine rings is 1. The number of imidazole rings is 1. The van der Waals surface area contributed by atoms with Gasteiger partial charge in [0.2, 0.25) is 10.0 Å². The predicted octanol–water partition coefficient (Wildman–Crippen LogP) is 2.32. The first-order valence-corrected chi connectivity index (χ1v) is 11.4. The van der Waals surface area contributed by atoms with Gasteiger partial charge in [-0.3, -0.25) is 4.79 Å². The van der Waals surface area contributed by atoms with Crippen molar-refractivity contribution in [1.82, 2.24) is 19.2 Å². The molecule has 0 bridgehead atoms. The lowest BCUT2D eigenvalue weighted by atomic mass is 10.2. The molecule has 4 rings (SSSR count). The molecular formula is C20H26N4O3S. The number of benzene rings is 1. The van der Waals surface area contributed by atoms with Gasteiger partial charge in [-0.2, -0.15) is 4.31 Å². The standard InChI is InChI=1S/C20H26N4O3S/c25-20(21-14-17-15-23-10-5-2-9-19(23)22-17)16-7-6-8-18(13-16)28(26,27)24-11-3-1-4-12-24/h6-8,13,15H,1-5,9-12,14H2,(H,21,25). The minimum Gasteiger partial charge on any atom is -0.346 e. The maximum Gasteiger partial charge on any atom is 0.251 e. The Bertz CT molecular complexity index is 938. The highest BCUT2D eigenvalue weighted by Gasteiger charge is 2.26. The van der Waals surface area contributed by atoms with Gasteiger partial charge in [-0.05, 0) is 43.9 Å². The summed E-state index contributed by atoms with van der Waals surface area (Å²) in [5.41, 5.74) is 1.18. The summed E-state index contributed by atoms with van der Waals surface area (Å²) in [4.78, 5) is 17.3. The summed E-state index contributed by atoms with van der Waals surface area (Å²) in [6.45, 7) is 2.40. The summed E-state index contributed by atoms with van der Waals surface area (Å²) in [6, 6.07) is 6.30. The second kappa shape index (κ2) is 8.05. The van der Waals surface area contributed by atoms with Crippen molar-refractivity contribution >= 4 is 15.9 Å². The zero-order valence-electron chi connectivity index (χ0n) is 15.9. The van der Waals surface area contributed by atoms with Crippen molar-refractivity contribution in [1.29, 1.82) is 0 Å². The molecule has 2 aromatic rings. The lowest BCUT2D eigenvalue weighted by Gasteiger charge is -2.26. The highest BCUT2D eigenvalue weighted by Crippen LogP contribution is 2.21. The monoisotopic (exact) mass is 402 g/mol. The number of aromatic nitrogens is 2. The van der Waals surface area contributed by atoms with Crippen LogP contribution in [0, 0.1) is 0 Å². The molecule has 7 nitrogen and oxygen atoms in total. The highest BCUT2D eigenvalue weighted by atomic mass is 32.2. The van der Waals surface area contributed by atoms with Crippen LogP contribution in [0.1, 0.15) is 54.0 Å². The molecule has 1 N–H and O–H groups in total. The van der Waals surface area contributed by atoms with Gasteiger partial charge in [-0.1, -0.05) is 12.5 Å². The Balaban J connectivity index is 1.44. The van der Waals surface area contributed by atoms with Crippen LogP contribution in [0.2, 0.25) is 0 Å². The van der Waals surface area contributed by atoms with Crippen LogP contribution >= 0.6 is 0 Å². The van der Waals surface area contributed by atoms with E-state index in [4.69, 9.17) is 0 Å². The fraction of sp³-hybridized carbons (Fsp3) is 0.500. The van der Waals surface area contributed by atoms with Crippen molar-refractivity contribution in [2.24, 2.45) is 0 Å². The number of fused-ring (bicyclic) bond motifs is 1. The van der Waals surface area contributed by atoms with Gasteiger partial charge in [0.25, 0.3) is 5.91 Å². The van der Waals surface area contributed by atoms with Gasteiger partial charge in [-0.15, -0.1) is 0 Å². The van der Waals surface area contributed by atoms with Gasteiger partial charge in [0.15, 0.2) is 0 Å². The van der Waals surface area contributed by atoms with E-state index < -0.39 is 10.0 Å². The van der Waals surface area contributed by atoms with E-state index in [-0.39, 0.29) is 10.8 Å². The van der Waals surface area contributed by atoms with E-state index in [2.05, 4.69) is 14.9 Å². The fourth-order valence-electron chi connectivity index (χ4n) is 3.88. The number of carbonyl (C=O) groups is 1. The summed E-state index contributed by atoms with van der Waals surface area (Å²) in [6.07, 6.45) is 8.11. The summed E-state index contributed by atoms with van der Waals surface area (Å²) in [7, 11) is -3.55. The second-order valence-electron chi connectivity index (χ2n) is 7.47. The van der Waals surface area contributed by atoms with Crippen LogP contribution in [0.15, 0.2) is 35.4 Å². The topological polar surface area (TPSA) is 84.3 Å². The van der Waals surface area contributed by atoms with Gasteiger partial charge in [0.1, 0.15) is 5.82 Å². The van der Waals surface area contributed by atoms with E-state index in [1.165, 1.54) is 10.4 Å². The number of hydrogen-bond donors (Lipinski definition) is 1. The summed E-state index contributed by atoms with van der Waals surface area (Å²) in [5, 5.41) is 2.86. The average molecular weight is 403 g/mol. The molecule has 1 aromatic heterocycles. The predicted molar refractivity (Wildman–Crippen MR) is 105 cm³/mol. The Morgan fingerprint density at radius 1 is 1.07 bits per heavy atom. The maximum atomic E-state index is 12.8. The maximum absolute atomic E-state index is 12.8. The van der Waals surface area contributed by atoms with Crippen molar-refractivity contribution < 1.29 is 13.2 Å². The number of rotatable bonds is 5. The van der Waals surface area contributed by atoms with Crippen LogP contribution in [0.3, 0.4) is 0 Å². The third-order valence-electron chi connectivity index (χ3n) is 5.44. The Hall–Kier alpha value is -2.19. The van der Waals surface area contributed by atoms with Crippen LogP contribution in [0.25, 0.3) is 0 Å². The van der Waals surface area contributed by atoms with Crippen LogP contribution in [0.4, 0.5) is 0 Å². The zero-order chi connectivity index (χ0) is 19.6. The Morgan fingerprint density at radius 2 is 1.86 bits per heavy atom. The minimum absolute atomic E-state index is 0.180. The van der Waals surface area contributed by atoms with Gasteiger partial charge in [0, 0.05) is 37.8 Å². The molecule has 1 saturated heterocycles. The van der Waals surface area contributed by atoms with Crippen LogP contribution in [-0.2, 0) is 29.5 Å². The molecule has 1 aromatic carbocycles. The highest BCUT2D eigenvalue weighted by molar-refractivity contribution is 7.89. The van der Waals surface area contributed by atoms with Gasteiger partial charge < -0.3 is 9.88 Å². The zero-order valence-corrected chi connectivity index (χ0v) is 16.7. The lowest BCUT2D eigenvalue weighted by Crippen LogP contribution is -2.35. The van der Waals surface area contributed by atoms with Gasteiger partial charge in [0.05, 0.1) is 17.1 Å². The lowest BCUT2D eigenvalue weighted by molar-refractivity contribution is 0.0950.